The van der Waals surface area contributed by atoms with Gasteiger partial charge in [0.2, 0.25) is 5.91 Å². The minimum absolute atomic E-state index is 0.0192. The summed E-state index contributed by atoms with van der Waals surface area (Å²) in [5.74, 6) is 0.0192. The first-order valence-electron chi connectivity index (χ1n) is 7.59. The van der Waals surface area contributed by atoms with Crippen LogP contribution >= 0.6 is 11.3 Å². The molecule has 0 fully saturated rings. The fourth-order valence-corrected chi connectivity index (χ4v) is 3.50. The highest BCUT2D eigenvalue weighted by Gasteiger charge is 2.08. The van der Waals surface area contributed by atoms with Crippen molar-refractivity contribution in [3.63, 3.8) is 0 Å². The summed E-state index contributed by atoms with van der Waals surface area (Å²) in [6.07, 6.45) is 3.56. The van der Waals surface area contributed by atoms with Crippen LogP contribution in [0.25, 0.3) is 16.8 Å². The van der Waals surface area contributed by atoms with Gasteiger partial charge in [-0.05, 0) is 46.3 Å². The lowest BCUT2D eigenvalue weighted by Crippen LogP contribution is -2.23. The number of fused-ring (bicyclic) bond motifs is 1. The number of hydrogen-bond donors (Lipinski definition) is 0. The zero-order chi connectivity index (χ0) is 16.2. The summed E-state index contributed by atoms with van der Waals surface area (Å²) < 4.78 is 0. The summed E-state index contributed by atoms with van der Waals surface area (Å²) in [4.78, 5) is 15.3. The van der Waals surface area contributed by atoms with Crippen molar-refractivity contribution in [3.8, 4) is 0 Å². The van der Waals surface area contributed by atoms with Gasteiger partial charge in [-0.2, -0.15) is 0 Å². The summed E-state index contributed by atoms with van der Waals surface area (Å²) in [5.41, 5.74) is 2.31. The third kappa shape index (κ3) is 3.51. The van der Waals surface area contributed by atoms with Gasteiger partial charge in [-0.15, -0.1) is 11.3 Å². The van der Waals surface area contributed by atoms with E-state index in [0.717, 1.165) is 10.9 Å². The van der Waals surface area contributed by atoms with E-state index in [2.05, 4.69) is 36.6 Å². The Morgan fingerprint density at radius 3 is 2.70 bits per heavy atom. The Balaban J connectivity index is 1.76. The molecule has 1 heterocycles. The molecule has 0 saturated carbocycles. The van der Waals surface area contributed by atoms with Crippen LogP contribution in [0.15, 0.2) is 60.0 Å². The molecule has 1 amide bonds. The van der Waals surface area contributed by atoms with Crippen LogP contribution < -0.4 is 0 Å². The maximum absolute atomic E-state index is 12.3. The van der Waals surface area contributed by atoms with Gasteiger partial charge in [-0.25, -0.2) is 0 Å². The fourth-order valence-electron chi connectivity index (χ4n) is 2.54. The minimum atomic E-state index is 0.0192. The highest BCUT2D eigenvalue weighted by molar-refractivity contribution is 7.10. The highest BCUT2D eigenvalue weighted by Crippen LogP contribution is 2.20. The fraction of sp³-hybridized carbons (Fsp3) is 0.150. The first-order valence-corrected chi connectivity index (χ1v) is 8.47. The minimum Gasteiger partial charge on any atom is -0.337 e. The number of carbonyl (C=O) groups excluding carboxylic acids is 1. The van der Waals surface area contributed by atoms with Crippen LogP contribution in [-0.4, -0.2) is 17.9 Å². The van der Waals surface area contributed by atoms with Gasteiger partial charge in [0.15, 0.2) is 0 Å². The van der Waals surface area contributed by atoms with Crippen molar-refractivity contribution in [1.29, 1.82) is 0 Å². The Morgan fingerprint density at radius 1 is 1.13 bits per heavy atom. The number of benzene rings is 2. The van der Waals surface area contributed by atoms with E-state index in [0.29, 0.717) is 6.54 Å². The van der Waals surface area contributed by atoms with E-state index in [9.17, 15) is 4.79 Å². The van der Waals surface area contributed by atoms with Crippen LogP contribution in [0.1, 0.15) is 16.0 Å². The predicted molar refractivity (Wildman–Crippen MR) is 98.5 cm³/mol. The molecule has 0 aliphatic heterocycles. The number of nitrogens with zero attached hydrogens (tertiary/aromatic N) is 1. The van der Waals surface area contributed by atoms with Crippen LogP contribution in [0.4, 0.5) is 0 Å². The van der Waals surface area contributed by atoms with Crippen molar-refractivity contribution >= 4 is 34.1 Å². The number of carbonyl (C=O) groups is 1. The van der Waals surface area contributed by atoms with E-state index in [1.54, 1.807) is 22.3 Å². The van der Waals surface area contributed by atoms with Gasteiger partial charge >= 0.3 is 0 Å². The molecule has 0 N–H and O–H groups in total. The molecule has 0 bridgehead atoms. The molecule has 0 saturated heterocycles. The van der Waals surface area contributed by atoms with Crippen LogP contribution in [0.2, 0.25) is 0 Å². The smallest absolute Gasteiger partial charge is 0.246 e. The van der Waals surface area contributed by atoms with Crippen molar-refractivity contribution in [2.24, 2.45) is 0 Å². The first-order chi connectivity index (χ1) is 11.1. The third-order valence-electron chi connectivity index (χ3n) is 3.95. The number of rotatable bonds is 4. The number of aryl methyl sites for hydroxylation is 1. The molecule has 3 rings (SSSR count). The van der Waals surface area contributed by atoms with E-state index in [1.165, 1.54) is 15.8 Å². The second kappa shape index (κ2) is 6.80. The summed E-state index contributed by atoms with van der Waals surface area (Å²) in [7, 11) is 1.84. The Labute approximate surface area is 140 Å². The van der Waals surface area contributed by atoms with Crippen molar-refractivity contribution < 1.29 is 4.79 Å². The molecule has 0 atom stereocenters. The molecule has 0 aliphatic carbocycles. The molecule has 2 aromatic carbocycles. The van der Waals surface area contributed by atoms with Gasteiger partial charge in [-0.3, -0.25) is 4.79 Å². The Kier molecular flexibility index (Phi) is 4.58. The van der Waals surface area contributed by atoms with Crippen LogP contribution in [0, 0.1) is 6.92 Å². The van der Waals surface area contributed by atoms with E-state index in [-0.39, 0.29) is 5.91 Å². The van der Waals surface area contributed by atoms with Gasteiger partial charge in [0.1, 0.15) is 0 Å². The molecule has 0 radical (unpaired) electrons. The number of likely N-dealkylation sites (N-methyl/N-ethyl adjacent to an activating group) is 1. The Hall–Kier alpha value is -2.39. The van der Waals surface area contributed by atoms with Gasteiger partial charge in [0.05, 0.1) is 6.54 Å². The molecule has 3 heteroatoms. The number of hydrogen-bond acceptors (Lipinski definition) is 2. The summed E-state index contributed by atoms with van der Waals surface area (Å²) in [6.45, 7) is 2.73. The maximum atomic E-state index is 12.3. The second-order valence-corrected chi connectivity index (χ2v) is 6.62. The Morgan fingerprint density at radius 2 is 1.91 bits per heavy atom. The normalized spacial score (nSPS) is 11.2. The van der Waals surface area contributed by atoms with Crippen LogP contribution in [0.3, 0.4) is 0 Å². The second-order valence-electron chi connectivity index (χ2n) is 5.62. The molecular weight excluding hydrogens is 302 g/mol. The average molecular weight is 321 g/mol. The maximum Gasteiger partial charge on any atom is 0.246 e. The lowest BCUT2D eigenvalue weighted by atomic mass is 10.0. The van der Waals surface area contributed by atoms with Gasteiger partial charge in [0, 0.05) is 18.0 Å². The van der Waals surface area contributed by atoms with Crippen molar-refractivity contribution in [2.75, 3.05) is 7.05 Å². The quantitative estimate of drug-likeness (QED) is 0.627. The van der Waals surface area contributed by atoms with E-state index >= 15 is 0 Å². The van der Waals surface area contributed by atoms with Crippen LogP contribution in [0.5, 0.6) is 0 Å². The molecule has 0 aliphatic rings. The highest BCUT2D eigenvalue weighted by atomic mass is 32.1. The molecular formula is C20H19NOS. The topological polar surface area (TPSA) is 20.3 Å². The standard InChI is InChI=1S/C20H19NOS/c1-15-12-13-23-19(15)14-21(2)20(22)11-10-17-8-5-7-16-6-3-4-9-18(16)17/h3-13H,14H2,1-2H3/b11-10+. The van der Waals surface area contributed by atoms with Gasteiger partial charge in [-0.1, -0.05) is 42.5 Å². The molecule has 23 heavy (non-hydrogen) atoms. The van der Waals surface area contributed by atoms with Crippen molar-refractivity contribution in [1.82, 2.24) is 4.90 Å². The Bertz CT molecular complexity index is 857. The average Bonchev–Trinajstić information content (AvgIpc) is 2.97. The lowest BCUT2D eigenvalue weighted by Gasteiger charge is -2.14. The lowest BCUT2D eigenvalue weighted by molar-refractivity contribution is -0.125. The number of amides is 1. The van der Waals surface area contributed by atoms with E-state index in [1.807, 2.05) is 37.4 Å². The zero-order valence-electron chi connectivity index (χ0n) is 13.3. The number of thiophene rings is 1. The molecule has 116 valence electrons. The third-order valence-corrected chi connectivity index (χ3v) is 4.96. The molecule has 3 aromatic rings. The van der Waals surface area contributed by atoms with Crippen molar-refractivity contribution in [2.45, 2.75) is 13.5 Å². The molecule has 0 unspecified atom stereocenters. The summed E-state index contributed by atoms with van der Waals surface area (Å²) in [5, 5.41) is 4.41. The van der Waals surface area contributed by atoms with Gasteiger partial charge in [0.25, 0.3) is 0 Å². The zero-order valence-corrected chi connectivity index (χ0v) is 14.1. The summed E-state index contributed by atoms with van der Waals surface area (Å²) >= 11 is 1.69. The largest absolute Gasteiger partial charge is 0.337 e. The van der Waals surface area contributed by atoms with Crippen molar-refractivity contribution in [3.05, 3.63) is 76.0 Å². The van der Waals surface area contributed by atoms with Crippen LogP contribution in [-0.2, 0) is 11.3 Å². The predicted octanol–water partition coefficient (Wildman–Crippen LogP) is 4.88. The molecule has 1 aromatic heterocycles. The van der Waals surface area contributed by atoms with E-state index < -0.39 is 0 Å². The summed E-state index contributed by atoms with van der Waals surface area (Å²) in [6, 6.07) is 16.4. The molecule has 2 nitrogen and oxygen atoms in total. The first kappa shape index (κ1) is 15.5. The SMILES string of the molecule is Cc1ccsc1CN(C)C(=O)/C=C/c1cccc2ccccc12. The monoisotopic (exact) mass is 321 g/mol. The molecule has 0 spiro atoms. The van der Waals surface area contributed by atoms with E-state index in [4.69, 9.17) is 0 Å². The van der Waals surface area contributed by atoms with Gasteiger partial charge < -0.3 is 4.90 Å².